The zero-order valence-corrected chi connectivity index (χ0v) is 9.07. The average Bonchev–Trinajstić information content (AvgIpc) is 2.10. The number of alkyl halides is 3. The van der Waals surface area contributed by atoms with Crippen LogP contribution in [0.4, 0.5) is 17.6 Å². The Balaban J connectivity index is 3.18. The van der Waals surface area contributed by atoms with Crippen molar-refractivity contribution >= 4 is 15.9 Å². The van der Waals surface area contributed by atoms with Crippen molar-refractivity contribution in [3.05, 3.63) is 34.1 Å². The number of benzene rings is 1. The van der Waals surface area contributed by atoms with Gasteiger partial charge in [-0.15, -0.1) is 0 Å². The van der Waals surface area contributed by atoms with Gasteiger partial charge in [0.05, 0.1) is 5.92 Å². The van der Waals surface area contributed by atoms with Crippen molar-refractivity contribution in [3.63, 3.8) is 0 Å². The van der Waals surface area contributed by atoms with E-state index in [2.05, 4.69) is 15.9 Å². The molecule has 1 aromatic carbocycles. The topological polar surface area (TPSA) is 26.0 Å². The van der Waals surface area contributed by atoms with Gasteiger partial charge in [0.1, 0.15) is 5.82 Å². The molecule has 1 nitrogen and oxygen atoms in total. The highest BCUT2D eigenvalue weighted by molar-refractivity contribution is 9.10. The van der Waals surface area contributed by atoms with Crippen LogP contribution in [0.15, 0.2) is 22.7 Å². The van der Waals surface area contributed by atoms with Gasteiger partial charge in [0.25, 0.3) is 0 Å². The minimum atomic E-state index is -4.53. The Bertz CT molecular complexity index is 350. The fourth-order valence-corrected chi connectivity index (χ4v) is 1.60. The summed E-state index contributed by atoms with van der Waals surface area (Å²) in [5.41, 5.74) is 4.58. The largest absolute Gasteiger partial charge is 0.397 e. The van der Waals surface area contributed by atoms with E-state index in [9.17, 15) is 17.6 Å². The van der Waals surface area contributed by atoms with Crippen molar-refractivity contribution < 1.29 is 17.6 Å². The molecule has 0 aliphatic carbocycles. The lowest BCUT2D eigenvalue weighted by Gasteiger charge is -2.19. The smallest absolute Gasteiger partial charge is 0.330 e. The maximum absolute atomic E-state index is 13.2. The number of halogens is 5. The molecule has 0 fully saturated rings. The lowest BCUT2D eigenvalue weighted by atomic mass is 9.98. The predicted molar refractivity (Wildman–Crippen MR) is 52.0 cm³/mol. The molecule has 1 aromatic rings. The van der Waals surface area contributed by atoms with Gasteiger partial charge in [-0.1, -0.05) is 15.9 Å². The zero-order chi connectivity index (χ0) is 11.6. The third-order valence-electron chi connectivity index (χ3n) is 1.96. The summed E-state index contributed by atoms with van der Waals surface area (Å²) in [5.74, 6) is -2.86. The molecule has 15 heavy (non-hydrogen) atoms. The minimum Gasteiger partial charge on any atom is -0.330 e. The summed E-state index contributed by atoms with van der Waals surface area (Å²) in [4.78, 5) is 0. The minimum absolute atomic E-state index is 0.390. The Morgan fingerprint density at radius 2 is 1.93 bits per heavy atom. The van der Waals surface area contributed by atoms with Crippen LogP contribution >= 0.6 is 15.9 Å². The molecule has 84 valence electrons. The first kappa shape index (κ1) is 12.4. The van der Waals surface area contributed by atoms with Gasteiger partial charge in [0.2, 0.25) is 0 Å². The van der Waals surface area contributed by atoms with Crippen molar-refractivity contribution in [1.82, 2.24) is 0 Å². The van der Waals surface area contributed by atoms with Gasteiger partial charge in [0.15, 0.2) is 0 Å². The Kier molecular flexibility index (Phi) is 3.72. The van der Waals surface area contributed by atoms with E-state index in [-0.39, 0.29) is 0 Å². The maximum atomic E-state index is 13.2. The van der Waals surface area contributed by atoms with Crippen LogP contribution < -0.4 is 5.73 Å². The summed E-state index contributed by atoms with van der Waals surface area (Å²) in [6.07, 6.45) is -4.53. The number of nitrogens with two attached hydrogens (primary N) is 1. The SMILES string of the molecule is NCC(c1cc(Br)ccc1F)C(F)(F)F. The fraction of sp³-hybridized carbons (Fsp3) is 0.333. The lowest BCUT2D eigenvalue weighted by Crippen LogP contribution is -2.28. The van der Waals surface area contributed by atoms with E-state index in [1.54, 1.807) is 0 Å². The number of rotatable bonds is 2. The summed E-state index contributed by atoms with van der Waals surface area (Å²) in [7, 11) is 0. The van der Waals surface area contributed by atoms with E-state index < -0.39 is 30.0 Å². The first-order valence-electron chi connectivity index (χ1n) is 4.08. The third kappa shape index (κ3) is 2.92. The molecule has 0 spiro atoms. The second-order valence-corrected chi connectivity index (χ2v) is 3.91. The molecule has 0 amide bonds. The van der Waals surface area contributed by atoms with Crippen molar-refractivity contribution in [3.8, 4) is 0 Å². The molecule has 2 N–H and O–H groups in total. The summed E-state index contributed by atoms with van der Waals surface area (Å²) in [6, 6.07) is 3.41. The Labute approximate surface area is 92.4 Å². The van der Waals surface area contributed by atoms with E-state index in [1.165, 1.54) is 6.07 Å². The van der Waals surface area contributed by atoms with Crippen LogP contribution in [-0.2, 0) is 0 Å². The van der Waals surface area contributed by atoms with Crippen LogP contribution in [0.5, 0.6) is 0 Å². The Hall–Kier alpha value is -0.620. The van der Waals surface area contributed by atoms with Gasteiger partial charge < -0.3 is 5.73 Å². The molecule has 0 heterocycles. The fourth-order valence-electron chi connectivity index (χ4n) is 1.22. The molecular weight excluding hydrogens is 278 g/mol. The van der Waals surface area contributed by atoms with Gasteiger partial charge in [-0.2, -0.15) is 13.2 Å². The Morgan fingerprint density at radius 1 is 1.33 bits per heavy atom. The van der Waals surface area contributed by atoms with E-state index in [0.29, 0.717) is 4.47 Å². The van der Waals surface area contributed by atoms with Gasteiger partial charge in [0, 0.05) is 16.6 Å². The van der Waals surface area contributed by atoms with E-state index in [4.69, 9.17) is 5.73 Å². The zero-order valence-electron chi connectivity index (χ0n) is 7.48. The Morgan fingerprint density at radius 3 is 2.40 bits per heavy atom. The maximum Gasteiger partial charge on any atom is 0.397 e. The molecule has 0 aliphatic rings. The highest BCUT2D eigenvalue weighted by atomic mass is 79.9. The normalized spacial score (nSPS) is 14.0. The van der Waals surface area contributed by atoms with Crippen LogP contribution in [-0.4, -0.2) is 12.7 Å². The second-order valence-electron chi connectivity index (χ2n) is 3.00. The lowest BCUT2D eigenvalue weighted by molar-refractivity contribution is -0.148. The van der Waals surface area contributed by atoms with Crippen LogP contribution in [0.3, 0.4) is 0 Å². The molecule has 0 saturated heterocycles. The first-order valence-corrected chi connectivity index (χ1v) is 4.87. The predicted octanol–water partition coefficient (Wildman–Crippen LogP) is 3.19. The molecule has 1 atom stereocenters. The van der Waals surface area contributed by atoms with Crippen molar-refractivity contribution in [2.24, 2.45) is 5.73 Å². The molecule has 0 aromatic heterocycles. The molecule has 0 bridgehead atoms. The van der Waals surface area contributed by atoms with Gasteiger partial charge in [-0.05, 0) is 18.2 Å². The summed E-state index contributed by atoms with van der Waals surface area (Å²) in [5, 5.41) is 0. The number of hydrogen-bond donors (Lipinski definition) is 1. The molecule has 6 heteroatoms. The van der Waals surface area contributed by atoms with Crippen LogP contribution in [0.2, 0.25) is 0 Å². The molecule has 0 radical (unpaired) electrons. The first-order chi connectivity index (χ1) is 6.86. The van der Waals surface area contributed by atoms with Gasteiger partial charge >= 0.3 is 6.18 Å². The van der Waals surface area contributed by atoms with Crippen molar-refractivity contribution in [1.29, 1.82) is 0 Å². The highest BCUT2D eigenvalue weighted by Crippen LogP contribution is 2.36. The van der Waals surface area contributed by atoms with E-state index in [1.807, 2.05) is 0 Å². The summed E-state index contributed by atoms with van der Waals surface area (Å²) in [6.45, 7) is -0.670. The van der Waals surface area contributed by atoms with Crippen LogP contribution in [0.1, 0.15) is 11.5 Å². The average molecular weight is 286 g/mol. The third-order valence-corrected chi connectivity index (χ3v) is 2.46. The van der Waals surface area contributed by atoms with Crippen LogP contribution in [0, 0.1) is 5.82 Å². The second kappa shape index (κ2) is 4.49. The molecular formula is C9H8BrF4N. The van der Waals surface area contributed by atoms with Gasteiger partial charge in [-0.3, -0.25) is 0 Å². The molecule has 1 rings (SSSR count). The highest BCUT2D eigenvalue weighted by Gasteiger charge is 2.41. The monoisotopic (exact) mass is 285 g/mol. The van der Waals surface area contributed by atoms with E-state index >= 15 is 0 Å². The molecule has 0 saturated carbocycles. The van der Waals surface area contributed by atoms with Gasteiger partial charge in [-0.25, -0.2) is 4.39 Å². The van der Waals surface area contributed by atoms with Crippen LogP contribution in [0.25, 0.3) is 0 Å². The summed E-state index contributed by atoms with van der Waals surface area (Å²) < 4.78 is 50.9. The van der Waals surface area contributed by atoms with Crippen molar-refractivity contribution in [2.75, 3.05) is 6.54 Å². The molecule has 1 unspecified atom stereocenters. The standard InChI is InChI=1S/C9H8BrF4N/c10-5-1-2-8(11)6(3-5)7(4-15)9(12,13)14/h1-3,7H,4,15H2. The molecule has 0 aliphatic heterocycles. The quantitative estimate of drug-likeness (QED) is 0.830. The summed E-state index contributed by atoms with van der Waals surface area (Å²) >= 11 is 2.99. The number of hydrogen-bond acceptors (Lipinski definition) is 1. The van der Waals surface area contributed by atoms with Crippen molar-refractivity contribution in [2.45, 2.75) is 12.1 Å². The van der Waals surface area contributed by atoms with E-state index in [0.717, 1.165) is 12.1 Å².